The summed E-state index contributed by atoms with van der Waals surface area (Å²) in [5, 5.41) is 3.68. The highest BCUT2D eigenvalue weighted by molar-refractivity contribution is 7.98. The Labute approximate surface area is 207 Å². The molecule has 7 heteroatoms. The Hall–Kier alpha value is -3.97. The third-order valence-corrected chi connectivity index (χ3v) is 6.68. The molecule has 2 heterocycles. The summed E-state index contributed by atoms with van der Waals surface area (Å²) in [6.07, 6.45) is 1.77. The Morgan fingerprint density at radius 1 is 0.886 bits per heavy atom. The molecule has 5 aromatic rings. The zero-order chi connectivity index (χ0) is 24.0. The van der Waals surface area contributed by atoms with Crippen LogP contribution in [0.4, 0.5) is 4.39 Å². The molecule has 0 fully saturated rings. The smallest absolute Gasteiger partial charge is 0.251 e. The van der Waals surface area contributed by atoms with Crippen LogP contribution in [-0.4, -0.2) is 20.4 Å². The number of carbonyl (C=O) groups excluding carboxylic acids is 1. The lowest BCUT2D eigenvalue weighted by molar-refractivity contribution is 0.0950. The number of nitrogens with zero attached hydrogens (tertiary/aromatic N) is 3. The molecule has 3 aromatic carbocycles. The molecule has 35 heavy (non-hydrogen) atoms. The number of amides is 1. The van der Waals surface area contributed by atoms with Gasteiger partial charge in [-0.1, -0.05) is 72.4 Å². The van der Waals surface area contributed by atoms with Crippen LogP contribution in [-0.2, 0) is 18.8 Å². The molecule has 1 N–H and O–H groups in total. The van der Waals surface area contributed by atoms with Crippen LogP contribution in [0.15, 0.2) is 102 Å². The largest absolute Gasteiger partial charge is 0.348 e. The van der Waals surface area contributed by atoms with Gasteiger partial charge in [-0.3, -0.25) is 9.36 Å². The molecule has 0 bridgehead atoms. The normalized spacial score (nSPS) is 11.0. The molecule has 1 amide bonds. The number of carbonyl (C=O) groups is 1. The number of aromatic nitrogens is 3. The van der Waals surface area contributed by atoms with Crippen LogP contribution in [0, 0.1) is 5.82 Å². The zero-order valence-corrected chi connectivity index (χ0v) is 19.7. The van der Waals surface area contributed by atoms with Crippen molar-refractivity contribution in [2.75, 3.05) is 0 Å². The third-order valence-electron chi connectivity index (χ3n) is 5.63. The fourth-order valence-corrected chi connectivity index (χ4v) is 4.73. The topological polar surface area (TPSA) is 59.8 Å². The Bertz CT molecular complexity index is 1450. The van der Waals surface area contributed by atoms with E-state index >= 15 is 0 Å². The third kappa shape index (κ3) is 5.41. The molecule has 0 saturated carbocycles. The standard InChI is InChI=1S/C28H23FN4OS/c29-24-10-5-4-9-23(24)17-31-27(34)22-14-12-20(13-15-22)18-33-26-25(11-6-16-30-26)32-28(33)35-19-21-7-2-1-3-8-21/h1-16H,17-19H2,(H,31,34). The number of hydrogen-bond acceptors (Lipinski definition) is 4. The highest BCUT2D eigenvalue weighted by Crippen LogP contribution is 2.27. The first-order chi connectivity index (χ1) is 17.2. The van der Waals surface area contributed by atoms with Gasteiger partial charge in [-0.15, -0.1) is 0 Å². The summed E-state index contributed by atoms with van der Waals surface area (Å²) in [5.41, 5.74) is 4.92. The van der Waals surface area contributed by atoms with Gasteiger partial charge in [0.1, 0.15) is 11.3 Å². The van der Waals surface area contributed by atoms with E-state index in [4.69, 9.17) is 4.98 Å². The minimum atomic E-state index is -0.328. The molecule has 0 aliphatic carbocycles. The second kappa shape index (κ2) is 10.5. The van der Waals surface area contributed by atoms with Gasteiger partial charge in [-0.05, 0) is 41.5 Å². The molecule has 0 saturated heterocycles. The van der Waals surface area contributed by atoms with Crippen LogP contribution in [0.5, 0.6) is 0 Å². The SMILES string of the molecule is O=C(NCc1ccccc1F)c1ccc(Cn2c(SCc3ccccc3)nc3cccnc32)cc1. The number of benzene rings is 3. The number of hydrogen-bond donors (Lipinski definition) is 1. The van der Waals surface area contributed by atoms with Gasteiger partial charge in [0.2, 0.25) is 0 Å². The van der Waals surface area contributed by atoms with E-state index in [1.54, 1.807) is 48.3 Å². The maximum atomic E-state index is 13.8. The van der Waals surface area contributed by atoms with Crippen LogP contribution < -0.4 is 5.32 Å². The Balaban J connectivity index is 1.30. The predicted octanol–water partition coefficient (Wildman–Crippen LogP) is 5.84. The predicted molar refractivity (Wildman–Crippen MR) is 137 cm³/mol. The highest BCUT2D eigenvalue weighted by atomic mass is 32.2. The Morgan fingerprint density at radius 3 is 2.46 bits per heavy atom. The number of fused-ring (bicyclic) bond motifs is 1. The van der Waals surface area contributed by atoms with Crippen molar-refractivity contribution in [2.45, 2.75) is 24.0 Å². The van der Waals surface area contributed by atoms with Crippen LogP contribution in [0.25, 0.3) is 11.2 Å². The average molecular weight is 483 g/mol. The minimum absolute atomic E-state index is 0.141. The minimum Gasteiger partial charge on any atom is -0.348 e. The van der Waals surface area contributed by atoms with Gasteiger partial charge in [0.05, 0.1) is 6.54 Å². The summed E-state index contributed by atoms with van der Waals surface area (Å²) in [6.45, 7) is 0.726. The van der Waals surface area contributed by atoms with Gasteiger partial charge in [-0.25, -0.2) is 14.4 Å². The van der Waals surface area contributed by atoms with Gasteiger partial charge in [0.25, 0.3) is 5.91 Å². The number of thioether (sulfide) groups is 1. The van der Waals surface area contributed by atoms with Crippen LogP contribution in [0.1, 0.15) is 27.0 Å². The van der Waals surface area contributed by atoms with Crippen LogP contribution in [0.2, 0.25) is 0 Å². The van der Waals surface area contributed by atoms with Crippen molar-refractivity contribution in [3.63, 3.8) is 0 Å². The number of pyridine rings is 1. The quantitative estimate of drug-likeness (QED) is 0.282. The molecule has 2 aromatic heterocycles. The first-order valence-corrected chi connectivity index (χ1v) is 12.2. The van der Waals surface area contributed by atoms with Crippen molar-refractivity contribution >= 4 is 28.8 Å². The van der Waals surface area contributed by atoms with E-state index < -0.39 is 0 Å². The van der Waals surface area contributed by atoms with E-state index in [9.17, 15) is 9.18 Å². The van der Waals surface area contributed by atoms with Crippen molar-refractivity contribution in [3.8, 4) is 0 Å². The summed E-state index contributed by atoms with van der Waals surface area (Å²) in [5.74, 6) is 0.240. The van der Waals surface area contributed by atoms with E-state index in [0.29, 0.717) is 17.7 Å². The summed E-state index contributed by atoms with van der Waals surface area (Å²) >= 11 is 1.68. The van der Waals surface area contributed by atoms with Crippen molar-refractivity contribution in [3.05, 3.63) is 125 Å². The fourth-order valence-electron chi connectivity index (χ4n) is 3.78. The lowest BCUT2D eigenvalue weighted by Gasteiger charge is -2.10. The number of imidazole rings is 1. The first-order valence-electron chi connectivity index (χ1n) is 11.3. The zero-order valence-electron chi connectivity index (χ0n) is 18.9. The molecule has 0 atom stereocenters. The Kier molecular flexibility index (Phi) is 6.86. The van der Waals surface area contributed by atoms with E-state index in [1.165, 1.54) is 11.6 Å². The number of nitrogens with one attached hydrogen (secondary N) is 1. The maximum Gasteiger partial charge on any atom is 0.251 e. The molecular formula is C28H23FN4OS. The second-order valence-electron chi connectivity index (χ2n) is 8.07. The van der Waals surface area contributed by atoms with Gasteiger partial charge in [0.15, 0.2) is 10.8 Å². The lowest BCUT2D eigenvalue weighted by Crippen LogP contribution is -2.23. The van der Waals surface area contributed by atoms with Crippen molar-refractivity contribution in [1.82, 2.24) is 19.9 Å². The second-order valence-corrected chi connectivity index (χ2v) is 9.01. The van der Waals surface area contributed by atoms with Gasteiger partial charge in [-0.2, -0.15) is 0 Å². The molecular weight excluding hydrogens is 459 g/mol. The monoisotopic (exact) mass is 482 g/mol. The molecule has 0 aliphatic rings. The number of halogens is 1. The molecule has 0 aliphatic heterocycles. The Morgan fingerprint density at radius 2 is 1.66 bits per heavy atom. The van der Waals surface area contributed by atoms with E-state index in [0.717, 1.165) is 27.6 Å². The van der Waals surface area contributed by atoms with Crippen molar-refractivity contribution in [2.24, 2.45) is 0 Å². The summed E-state index contributed by atoms with van der Waals surface area (Å²) < 4.78 is 15.9. The van der Waals surface area contributed by atoms with Gasteiger partial charge < -0.3 is 5.32 Å². The van der Waals surface area contributed by atoms with Gasteiger partial charge in [0, 0.05) is 29.6 Å². The van der Waals surface area contributed by atoms with E-state index in [2.05, 4.69) is 27.0 Å². The fraction of sp³-hybridized carbons (Fsp3) is 0.107. The summed E-state index contributed by atoms with van der Waals surface area (Å²) in [6, 6.07) is 28.0. The molecule has 5 nitrogen and oxygen atoms in total. The highest BCUT2D eigenvalue weighted by Gasteiger charge is 2.14. The summed E-state index contributed by atoms with van der Waals surface area (Å²) in [4.78, 5) is 21.9. The number of rotatable bonds is 8. The molecule has 0 radical (unpaired) electrons. The molecule has 0 spiro atoms. The van der Waals surface area contributed by atoms with Crippen LogP contribution in [0.3, 0.4) is 0 Å². The molecule has 174 valence electrons. The molecule has 0 unspecified atom stereocenters. The molecule has 5 rings (SSSR count). The average Bonchev–Trinajstić information content (AvgIpc) is 3.25. The first kappa shape index (κ1) is 22.8. The van der Waals surface area contributed by atoms with E-state index in [1.807, 2.05) is 42.5 Å². The van der Waals surface area contributed by atoms with E-state index in [-0.39, 0.29) is 18.3 Å². The van der Waals surface area contributed by atoms with Crippen molar-refractivity contribution in [1.29, 1.82) is 0 Å². The lowest BCUT2D eigenvalue weighted by atomic mass is 10.1. The maximum absolute atomic E-state index is 13.8. The van der Waals surface area contributed by atoms with Gasteiger partial charge >= 0.3 is 0 Å². The summed E-state index contributed by atoms with van der Waals surface area (Å²) in [7, 11) is 0. The van der Waals surface area contributed by atoms with Crippen LogP contribution >= 0.6 is 11.8 Å². The van der Waals surface area contributed by atoms with Crippen molar-refractivity contribution < 1.29 is 9.18 Å².